The van der Waals surface area contributed by atoms with Gasteiger partial charge in [0, 0.05) is 49.5 Å². The van der Waals surface area contributed by atoms with E-state index in [9.17, 15) is 77.6 Å². The molecule has 0 saturated carbocycles. The summed E-state index contributed by atoms with van der Waals surface area (Å²) >= 11 is 0. The van der Waals surface area contributed by atoms with Gasteiger partial charge in [0.1, 0.15) is 48.3 Å². The smallest absolute Gasteiger partial charge is 0.326 e. The predicted octanol–water partition coefficient (Wildman–Crippen LogP) is -8.72. The zero-order valence-electron chi connectivity index (χ0n) is 45.0. The molecule has 2 heterocycles. The molecule has 0 spiro atoms. The number of nitrogens with zero attached hydrogens (tertiary/aromatic N) is 2. The van der Waals surface area contributed by atoms with Gasteiger partial charge in [0.25, 0.3) is 0 Å². The Morgan fingerprint density at radius 1 is 0.568 bits per heavy atom. The van der Waals surface area contributed by atoms with Crippen LogP contribution in [0.25, 0.3) is 0 Å². The van der Waals surface area contributed by atoms with Gasteiger partial charge in [-0.3, -0.25) is 57.5 Å². The SMILES string of the molecule is CC[C@H](C)[C@H](NC(=O)[C@H](CC(N)=O)NC(=O)[C@H](Cc1cnc[nH]1)NC(=O)[C@H](Cc1cnc[nH]1)NC(=O)[C@H](CCC(N)=O)NC(=O)[C@H](CCC(N)=O)NC(=O)CNC(=O)[C@H](CO)NC(=O)[C@@H](NC(=O)[C@@H](N)CCCCN)[C@@H](C)O)C(=O)O. The van der Waals surface area contributed by atoms with E-state index in [1.807, 2.05) is 0 Å². The average Bonchev–Trinajstić information content (AvgIpc) is 4.14. The molecular formula is C47H76N18O16. The number of aliphatic hydroxyl groups excluding tert-OH is 2. The number of hydrogen-bond donors (Lipinski definition) is 19. The number of carbonyl (C=O) groups is 13. The van der Waals surface area contributed by atoms with Crippen molar-refractivity contribution < 1.29 is 77.6 Å². The summed E-state index contributed by atoms with van der Waals surface area (Å²) in [6, 6.07) is -14.4. The Morgan fingerprint density at radius 2 is 1.02 bits per heavy atom. The maximum atomic E-state index is 14.3. The number of unbranched alkanes of at least 4 members (excludes halogenated alkanes) is 1. The van der Waals surface area contributed by atoms with Crippen LogP contribution in [0.3, 0.4) is 0 Å². The number of primary amides is 3. The lowest BCUT2D eigenvalue weighted by atomic mass is 9.98. The number of aromatic amines is 2. The molecule has 0 aliphatic carbocycles. The quantitative estimate of drug-likeness (QED) is 0.0276. The molecule has 0 aliphatic rings. The molecule has 12 amide bonds. The van der Waals surface area contributed by atoms with Gasteiger partial charge in [-0.25, -0.2) is 14.8 Å². The summed E-state index contributed by atoms with van der Waals surface area (Å²) in [7, 11) is 0. The van der Waals surface area contributed by atoms with Crippen molar-refractivity contribution in [3.8, 4) is 0 Å². The number of hydrogen-bond acceptors (Lipinski definition) is 19. The van der Waals surface area contributed by atoms with E-state index in [4.69, 9.17) is 28.7 Å². The lowest BCUT2D eigenvalue weighted by molar-refractivity contribution is -0.144. The molecule has 0 saturated heterocycles. The highest BCUT2D eigenvalue weighted by Crippen LogP contribution is 2.11. The first-order chi connectivity index (χ1) is 38.2. The maximum Gasteiger partial charge on any atom is 0.326 e. The molecule has 34 nitrogen and oxygen atoms in total. The van der Waals surface area contributed by atoms with Crippen LogP contribution >= 0.6 is 0 Å². The lowest BCUT2D eigenvalue weighted by Crippen LogP contribution is -2.61. The molecule has 2 rings (SSSR count). The van der Waals surface area contributed by atoms with Crippen molar-refractivity contribution in [3.63, 3.8) is 0 Å². The van der Waals surface area contributed by atoms with E-state index in [1.54, 1.807) is 13.8 Å². The summed E-state index contributed by atoms with van der Waals surface area (Å²) in [5.74, 6) is -14.6. The van der Waals surface area contributed by atoms with E-state index in [0.717, 1.165) is 0 Å². The number of imidazole rings is 2. The van der Waals surface area contributed by atoms with Gasteiger partial charge in [0.2, 0.25) is 70.9 Å². The Labute approximate surface area is 463 Å². The molecule has 0 fully saturated rings. The molecule has 2 aromatic heterocycles. The number of carbonyl (C=O) groups excluding carboxylic acids is 12. The topological polar surface area (TPSA) is 578 Å². The fraction of sp³-hybridized carbons (Fsp3) is 0.596. The number of carboxylic acids is 1. The van der Waals surface area contributed by atoms with Gasteiger partial charge >= 0.3 is 5.97 Å². The molecule has 0 bridgehead atoms. The third-order valence-electron chi connectivity index (χ3n) is 12.3. The standard InChI is InChI=1S/C47H76N18O16/c1-4-22(2)37(47(80)81)64-45(78)31(15-35(52)70)62-44(77)30(14-25-17-54-21-57-25)61-43(76)29(13-24-16-53-20-56-24)60-42(75)28(9-11-34(51)69)59-41(74)27(8-10-33(50)68)58-36(71)18-55-40(73)32(19-66)63-46(79)38(23(3)67)65-39(72)26(49)7-5-6-12-48/h16-17,20-23,26-32,37-38,66-67H,4-15,18-19,48-49H2,1-3H3,(H2,50,68)(H2,51,69)(H2,52,70)(H,53,56)(H,54,57)(H,55,73)(H,58,71)(H,59,74)(H,60,75)(H,61,76)(H,62,77)(H,63,79)(H,64,78)(H,65,72)(H,80,81)/t22-,23+,26-,27-,28-,29-,30-,31-,32-,37-,38-/m0/s1. The summed E-state index contributed by atoms with van der Waals surface area (Å²) in [6.45, 7) is 2.78. The number of aromatic nitrogens is 4. The van der Waals surface area contributed by atoms with Crippen molar-refractivity contribution in [1.82, 2.24) is 67.8 Å². The highest BCUT2D eigenvalue weighted by atomic mass is 16.4. The summed E-state index contributed by atoms with van der Waals surface area (Å²) in [6.07, 6.45) is 1.54. The Balaban J connectivity index is 2.38. The number of H-pyrrole nitrogens is 2. The van der Waals surface area contributed by atoms with Crippen LogP contribution in [0.5, 0.6) is 0 Å². The van der Waals surface area contributed by atoms with Gasteiger partial charge < -0.3 is 102 Å². The average molecular weight is 1150 g/mol. The maximum absolute atomic E-state index is 14.3. The summed E-state index contributed by atoms with van der Waals surface area (Å²) in [4.78, 5) is 183. The summed E-state index contributed by atoms with van der Waals surface area (Å²) in [5, 5.41) is 50.7. The molecule has 11 atom stereocenters. The first-order valence-electron chi connectivity index (χ1n) is 25.7. The van der Waals surface area contributed by atoms with E-state index < -0.39 is 189 Å². The van der Waals surface area contributed by atoms with Crippen molar-refractivity contribution in [2.24, 2.45) is 34.6 Å². The number of aliphatic hydroxyl groups is 2. The van der Waals surface area contributed by atoms with Gasteiger partial charge in [-0.15, -0.1) is 0 Å². The Bertz CT molecular complexity index is 2460. The summed E-state index contributed by atoms with van der Waals surface area (Å²) in [5.41, 5.74) is 28.0. The van der Waals surface area contributed by atoms with E-state index in [-0.39, 0.29) is 30.7 Å². The molecule has 34 heteroatoms. The third kappa shape index (κ3) is 24.9. The second-order valence-corrected chi connectivity index (χ2v) is 18.9. The number of rotatable bonds is 39. The number of amides is 12. The molecule has 0 radical (unpaired) electrons. The highest BCUT2D eigenvalue weighted by molar-refractivity contribution is 5.99. The Morgan fingerprint density at radius 3 is 1.46 bits per heavy atom. The fourth-order valence-electron chi connectivity index (χ4n) is 7.50. The van der Waals surface area contributed by atoms with E-state index in [2.05, 4.69) is 67.8 Å². The van der Waals surface area contributed by atoms with Crippen molar-refractivity contribution in [2.75, 3.05) is 19.7 Å². The van der Waals surface area contributed by atoms with Crippen LogP contribution in [0.15, 0.2) is 25.0 Å². The van der Waals surface area contributed by atoms with Crippen molar-refractivity contribution >= 4 is 76.9 Å². The monoisotopic (exact) mass is 1150 g/mol. The Kier molecular flexibility index (Phi) is 29.7. The van der Waals surface area contributed by atoms with E-state index >= 15 is 0 Å². The zero-order valence-corrected chi connectivity index (χ0v) is 45.0. The van der Waals surface area contributed by atoms with Crippen LogP contribution in [0, 0.1) is 5.92 Å². The lowest BCUT2D eigenvalue weighted by Gasteiger charge is -2.27. The molecule has 2 aromatic rings. The molecule has 0 aliphatic heterocycles. The van der Waals surface area contributed by atoms with Gasteiger partial charge in [0.05, 0.1) is 44.4 Å². The minimum atomic E-state index is -1.76. The second kappa shape index (κ2) is 35.1. The van der Waals surface area contributed by atoms with Gasteiger partial charge in [0.15, 0.2) is 0 Å². The van der Waals surface area contributed by atoms with Crippen molar-refractivity contribution in [1.29, 1.82) is 0 Å². The van der Waals surface area contributed by atoms with Gasteiger partial charge in [-0.1, -0.05) is 26.7 Å². The number of nitrogens with two attached hydrogens (primary N) is 5. The van der Waals surface area contributed by atoms with Crippen LogP contribution in [0.4, 0.5) is 0 Å². The molecule has 0 unspecified atom stereocenters. The number of carboxylic acid groups (broad SMARTS) is 1. The molecule has 0 aromatic carbocycles. The molecular weight excluding hydrogens is 1070 g/mol. The van der Waals surface area contributed by atoms with E-state index in [0.29, 0.717) is 25.8 Å². The largest absolute Gasteiger partial charge is 0.480 e. The molecule has 450 valence electrons. The van der Waals surface area contributed by atoms with Crippen LogP contribution in [0.1, 0.15) is 89.9 Å². The minimum Gasteiger partial charge on any atom is -0.480 e. The van der Waals surface area contributed by atoms with Gasteiger partial charge in [-0.2, -0.15) is 0 Å². The first kappa shape index (κ1) is 68.5. The van der Waals surface area contributed by atoms with Crippen molar-refractivity contribution in [2.45, 2.75) is 152 Å². The number of nitrogens with one attached hydrogen (secondary N) is 11. The highest BCUT2D eigenvalue weighted by Gasteiger charge is 2.36. The fourth-order valence-corrected chi connectivity index (χ4v) is 7.50. The zero-order chi connectivity index (χ0) is 60.9. The Hall–Kier alpha value is -8.63. The van der Waals surface area contributed by atoms with Gasteiger partial charge in [-0.05, 0) is 45.1 Å². The number of aliphatic carboxylic acids is 1. The summed E-state index contributed by atoms with van der Waals surface area (Å²) < 4.78 is 0. The van der Waals surface area contributed by atoms with Crippen molar-refractivity contribution in [3.05, 3.63) is 36.4 Å². The van der Waals surface area contributed by atoms with E-state index in [1.165, 1.54) is 32.0 Å². The molecule has 24 N–H and O–H groups in total. The van der Waals surface area contributed by atoms with Crippen LogP contribution in [0.2, 0.25) is 0 Å². The third-order valence-corrected chi connectivity index (χ3v) is 12.3. The molecule has 81 heavy (non-hydrogen) atoms. The normalized spacial score (nSPS) is 15.1. The van der Waals surface area contributed by atoms with Crippen LogP contribution in [-0.4, -0.2) is 192 Å². The second-order valence-electron chi connectivity index (χ2n) is 18.9. The predicted molar refractivity (Wildman–Crippen MR) is 280 cm³/mol. The van der Waals surface area contributed by atoms with Crippen LogP contribution < -0.4 is 76.5 Å². The first-order valence-corrected chi connectivity index (χ1v) is 25.7. The van der Waals surface area contributed by atoms with Crippen LogP contribution in [-0.2, 0) is 75.2 Å². The minimum absolute atomic E-state index is 0.210.